The number of aromatic nitrogens is 4. The van der Waals surface area contributed by atoms with Crippen LogP contribution in [0.25, 0.3) is 10.6 Å². The topological polar surface area (TPSA) is 173 Å². The number of hydrogen-bond acceptors (Lipinski definition) is 12. The van der Waals surface area contributed by atoms with Crippen LogP contribution in [0.2, 0.25) is 10.0 Å². The van der Waals surface area contributed by atoms with Gasteiger partial charge in [0, 0.05) is 41.3 Å². The van der Waals surface area contributed by atoms with Crippen LogP contribution in [0.5, 0.6) is 0 Å². The van der Waals surface area contributed by atoms with Crippen LogP contribution in [-0.2, 0) is 20.0 Å². The van der Waals surface area contributed by atoms with Gasteiger partial charge in [0.1, 0.15) is 28.4 Å². The van der Waals surface area contributed by atoms with Crippen LogP contribution in [-0.4, -0.2) is 48.6 Å². The maximum Gasteiger partial charge on any atom is 0.266 e. The molecule has 0 unspecified atom stereocenters. The van der Waals surface area contributed by atoms with Crippen LogP contribution in [0.3, 0.4) is 0 Å². The number of sulfonamides is 2. The number of nitrogens with zero attached hydrogens (tertiary/aromatic N) is 5. The van der Waals surface area contributed by atoms with E-state index in [2.05, 4.69) is 33.7 Å². The molecule has 4 N–H and O–H groups in total. The second-order valence-electron chi connectivity index (χ2n) is 9.38. The lowest BCUT2D eigenvalue weighted by atomic mass is 10.2. The Kier molecular flexibility index (Phi) is 10.2. The van der Waals surface area contributed by atoms with E-state index in [1.54, 1.807) is 30.3 Å². The Morgan fingerprint density at radius 1 is 0.867 bits per heavy atom. The zero-order valence-electron chi connectivity index (χ0n) is 22.9. The van der Waals surface area contributed by atoms with E-state index in [9.17, 15) is 21.2 Å². The number of primary sulfonamides is 1. The lowest BCUT2D eigenvalue weighted by Crippen LogP contribution is -2.19. The summed E-state index contributed by atoms with van der Waals surface area (Å²) in [5, 5.41) is 9.41. The lowest BCUT2D eigenvalue weighted by molar-refractivity contribution is 0.570. The number of halogens is 3. The van der Waals surface area contributed by atoms with Crippen molar-refractivity contribution in [3.63, 3.8) is 0 Å². The van der Waals surface area contributed by atoms with Gasteiger partial charge < -0.3 is 10.2 Å². The van der Waals surface area contributed by atoms with Crippen LogP contribution in [0.15, 0.2) is 77.0 Å². The van der Waals surface area contributed by atoms with E-state index in [4.69, 9.17) is 28.3 Å². The van der Waals surface area contributed by atoms with Gasteiger partial charge in [-0.25, -0.2) is 36.3 Å². The van der Waals surface area contributed by atoms with Crippen molar-refractivity contribution >= 4 is 88.5 Å². The van der Waals surface area contributed by atoms with E-state index in [0.717, 1.165) is 66.8 Å². The number of rotatable bonds is 8. The van der Waals surface area contributed by atoms with E-state index in [-0.39, 0.29) is 20.7 Å². The average molecular weight is 730 g/mol. The molecule has 6 rings (SSSR count). The van der Waals surface area contributed by atoms with Crippen molar-refractivity contribution in [1.82, 2.24) is 18.7 Å². The number of nitrogens with one attached hydrogen (secondary N) is 2. The molecule has 3 heterocycles. The molecule has 0 amide bonds. The van der Waals surface area contributed by atoms with Gasteiger partial charge in [-0.15, -0.1) is 0 Å². The Morgan fingerprint density at radius 3 is 2.24 bits per heavy atom. The second-order valence-corrected chi connectivity index (χ2v) is 15.0. The standard InChI is InChI=1S/C18H16Cl2FN5O2S2.C8H7N3O2S2/c19-11-3-4-14(16(7-11)26-5-1-2-6-26)24-15-9-13(21)17(8-12(15)20)30(27,28)25-18-22-10-23-29-18;9-15(12,13)7-4-2-1-3-6(7)8-10-5-11-14-8/h3-4,7-10,24H,1-2,5-6H2,(H,22,23,25);1-5H,(H2,9,12,13). The molecule has 1 fully saturated rings. The molecule has 236 valence electrons. The molecule has 0 aliphatic carbocycles. The minimum Gasteiger partial charge on any atom is -0.370 e. The van der Waals surface area contributed by atoms with Crippen molar-refractivity contribution in [3.05, 3.63) is 83.1 Å². The summed E-state index contributed by atoms with van der Waals surface area (Å²) in [6.07, 6.45) is 4.73. The van der Waals surface area contributed by atoms with Crippen LogP contribution < -0.4 is 20.1 Å². The van der Waals surface area contributed by atoms with Crippen molar-refractivity contribution < 1.29 is 21.2 Å². The van der Waals surface area contributed by atoms with Crippen molar-refractivity contribution in [2.24, 2.45) is 5.14 Å². The van der Waals surface area contributed by atoms with E-state index in [1.807, 2.05) is 6.07 Å². The molecule has 0 radical (unpaired) electrons. The van der Waals surface area contributed by atoms with Gasteiger partial charge in [-0.05, 0) is 54.7 Å². The van der Waals surface area contributed by atoms with E-state index >= 15 is 0 Å². The Labute approximate surface area is 276 Å². The van der Waals surface area contributed by atoms with Crippen molar-refractivity contribution in [1.29, 1.82) is 0 Å². The molecule has 19 heteroatoms. The maximum absolute atomic E-state index is 14.7. The summed E-state index contributed by atoms with van der Waals surface area (Å²) in [4.78, 5) is 9.36. The van der Waals surface area contributed by atoms with E-state index in [1.165, 1.54) is 18.7 Å². The Balaban J connectivity index is 0.000000223. The van der Waals surface area contributed by atoms with Crippen molar-refractivity contribution in [2.75, 3.05) is 28.0 Å². The molecule has 45 heavy (non-hydrogen) atoms. The number of hydrogen-bond donors (Lipinski definition) is 3. The maximum atomic E-state index is 14.7. The van der Waals surface area contributed by atoms with Gasteiger partial charge in [0.2, 0.25) is 15.2 Å². The molecule has 1 saturated heterocycles. The van der Waals surface area contributed by atoms with Gasteiger partial charge in [-0.1, -0.05) is 41.4 Å². The SMILES string of the molecule is NS(=O)(=O)c1ccccc1-c1ncns1.O=S(=O)(Nc1ncns1)c1cc(Cl)c(Nc2ccc(Cl)cc2N2CCCC2)cc1F. The molecule has 5 aromatic rings. The Morgan fingerprint density at radius 2 is 1.58 bits per heavy atom. The third-order valence-electron chi connectivity index (χ3n) is 6.36. The van der Waals surface area contributed by atoms with Gasteiger partial charge in [0.25, 0.3) is 10.0 Å². The fraction of sp³-hybridized carbons (Fsp3) is 0.154. The zero-order chi connectivity index (χ0) is 32.2. The molecule has 0 spiro atoms. The summed E-state index contributed by atoms with van der Waals surface area (Å²) in [5.41, 5.74) is 2.31. The number of nitrogens with two attached hydrogens (primary N) is 1. The molecule has 2 aromatic heterocycles. The quantitative estimate of drug-likeness (QED) is 0.172. The van der Waals surface area contributed by atoms with Gasteiger partial charge in [-0.3, -0.25) is 4.72 Å². The lowest BCUT2D eigenvalue weighted by Gasteiger charge is -2.23. The van der Waals surface area contributed by atoms with Crippen LogP contribution >= 0.6 is 46.3 Å². The minimum atomic E-state index is -4.21. The molecular formula is C26H23Cl2FN8O4S4. The second kappa shape index (κ2) is 13.9. The summed E-state index contributed by atoms with van der Waals surface area (Å²) in [7, 11) is -7.93. The van der Waals surface area contributed by atoms with Crippen molar-refractivity contribution in [2.45, 2.75) is 22.6 Å². The van der Waals surface area contributed by atoms with Gasteiger partial charge >= 0.3 is 0 Å². The average Bonchev–Trinajstić information content (AvgIpc) is 3.80. The summed E-state index contributed by atoms with van der Waals surface area (Å²) >= 11 is 14.4. The normalized spacial score (nSPS) is 13.3. The van der Waals surface area contributed by atoms with Gasteiger partial charge in [-0.2, -0.15) is 8.75 Å². The molecule has 3 aromatic carbocycles. The first-order valence-corrected chi connectivity index (χ1v) is 18.2. The summed E-state index contributed by atoms with van der Waals surface area (Å²) < 4.78 is 72.0. The predicted octanol–water partition coefficient (Wildman–Crippen LogP) is 5.98. The minimum absolute atomic E-state index is 0.0316. The smallest absolute Gasteiger partial charge is 0.266 e. The highest BCUT2D eigenvalue weighted by Crippen LogP contribution is 2.37. The molecule has 0 atom stereocenters. The molecule has 0 bridgehead atoms. The fourth-order valence-electron chi connectivity index (χ4n) is 4.38. The Bertz CT molecular complexity index is 2010. The molecule has 0 saturated carbocycles. The number of benzene rings is 3. The first-order chi connectivity index (χ1) is 21.4. The zero-order valence-corrected chi connectivity index (χ0v) is 27.7. The highest BCUT2D eigenvalue weighted by Gasteiger charge is 2.24. The monoisotopic (exact) mass is 728 g/mol. The highest BCUT2D eigenvalue weighted by atomic mass is 35.5. The van der Waals surface area contributed by atoms with E-state index in [0.29, 0.717) is 21.3 Å². The summed E-state index contributed by atoms with van der Waals surface area (Å²) in [6.45, 7) is 1.79. The van der Waals surface area contributed by atoms with E-state index < -0.39 is 30.8 Å². The van der Waals surface area contributed by atoms with Crippen LogP contribution in [0.1, 0.15) is 12.8 Å². The first kappa shape index (κ1) is 32.9. The largest absolute Gasteiger partial charge is 0.370 e. The molecule has 1 aliphatic rings. The number of anilines is 4. The van der Waals surface area contributed by atoms with Crippen LogP contribution in [0.4, 0.5) is 26.6 Å². The highest BCUT2D eigenvalue weighted by molar-refractivity contribution is 7.93. The van der Waals surface area contributed by atoms with Crippen molar-refractivity contribution in [3.8, 4) is 10.6 Å². The first-order valence-electron chi connectivity index (χ1n) is 12.9. The summed E-state index contributed by atoms with van der Waals surface area (Å²) in [5.74, 6) is -0.949. The predicted molar refractivity (Wildman–Crippen MR) is 175 cm³/mol. The fourth-order valence-corrected chi connectivity index (χ4v) is 7.94. The molecule has 1 aliphatic heterocycles. The van der Waals surface area contributed by atoms with Gasteiger partial charge in [0.15, 0.2) is 0 Å². The van der Waals surface area contributed by atoms with Crippen LogP contribution in [0, 0.1) is 5.82 Å². The third-order valence-corrected chi connectivity index (χ3v) is 10.6. The third kappa shape index (κ3) is 8.04. The molecule has 12 nitrogen and oxygen atoms in total. The molecular weight excluding hydrogens is 707 g/mol. The summed E-state index contributed by atoms with van der Waals surface area (Å²) in [6, 6.07) is 13.9. The Hall–Kier alpha value is -3.45. The van der Waals surface area contributed by atoms with Gasteiger partial charge in [0.05, 0.1) is 27.0 Å².